The topological polar surface area (TPSA) is 51.3 Å². The summed E-state index contributed by atoms with van der Waals surface area (Å²) in [4.78, 5) is 7.70. The summed E-state index contributed by atoms with van der Waals surface area (Å²) in [5.41, 5.74) is 7.42. The second-order valence-corrected chi connectivity index (χ2v) is 2.44. The van der Waals surface area contributed by atoms with E-state index in [1.807, 2.05) is 13.0 Å². The van der Waals surface area contributed by atoms with Crippen molar-refractivity contribution in [3.05, 3.63) is 29.6 Å². The second kappa shape index (κ2) is 3.67. The Kier molecular flexibility index (Phi) is 2.58. The monoisotopic (exact) mass is 161 g/mol. The van der Waals surface area contributed by atoms with Gasteiger partial charge in [0, 0.05) is 6.20 Å². The Morgan fingerprint density at radius 3 is 3.00 bits per heavy atom. The molecule has 12 heavy (non-hydrogen) atoms. The summed E-state index contributed by atoms with van der Waals surface area (Å²) in [6.45, 7) is 5.30. The van der Waals surface area contributed by atoms with Crippen molar-refractivity contribution >= 4 is 18.6 Å². The zero-order valence-corrected chi connectivity index (χ0v) is 6.99. The van der Waals surface area contributed by atoms with Gasteiger partial charge in [-0.25, -0.2) is 4.98 Å². The van der Waals surface area contributed by atoms with Crippen LogP contribution in [0.5, 0.6) is 0 Å². The van der Waals surface area contributed by atoms with E-state index in [2.05, 4.69) is 16.7 Å². The molecule has 0 saturated heterocycles. The van der Waals surface area contributed by atoms with Gasteiger partial charge in [-0.3, -0.25) is 4.99 Å². The van der Waals surface area contributed by atoms with Gasteiger partial charge in [0.1, 0.15) is 5.82 Å². The first-order valence-electron chi connectivity index (χ1n) is 3.59. The maximum absolute atomic E-state index is 5.51. The SMILES string of the molecule is C=N/C=C\c1nc(N)ccc1C. The third kappa shape index (κ3) is 1.92. The van der Waals surface area contributed by atoms with Gasteiger partial charge in [0.15, 0.2) is 0 Å². The first kappa shape index (κ1) is 8.46. The first-order valence-corrected chi connectivity index (χ1v) is 3.59. The van der Waals surface area contributed by atoms with Crippen molar-refractivity contribution < 1.29 is 0 Å². The molecule has 62 valence electrons. The molecule has 0 atom stereocenters. The number of nitrogen functional groups attached to an aromatic ring is 1. The van der Waals surface area contributed by atoms with Crippen LogP contribution in [0.4, 0.5) is 5.82 Å². The van der Waals surface area contributed by atoms with Crippen LogP contribution in [0.3, 0.4) is 0 Å². The van der Waals surface area contributed by atoms with Crippen LogP contribution in [0.25, 0.3) is 6.08 Å². The maximum Gasteiger partial charge on any atom is 0.124 e. The molecule has 0 amide bonds. The van der Waals surface area contributed by atoms with E-state index in [0.29, 0.717) is 5.82 Å². The van der Waals surface area contributed by atoms with E-state index in [4.69, 9.17) is 5.73 Å². The molecular formula is C9H11N3. The summed E-state index contributed by atoms with van der Waals surface area (Å²) in [5.74, 6) is 0.518. The molecule has 1 rings (SSSR count). The predicted molar refractivity (Wildman–Crippen MR) is 52.0 cm³/mol. The van der Waals surface area contributed by atoms with E-state index in [0.717, 1.165) is 11.3 Å². The predicted octanol–water partition coefficient (Wildman–Crippen LogP) is 1.64. The fourth-order valence-corrected chi connectivity index (χ4v) is 0.852. The summed E-state index contributed by atoms with van der Waals surface area (Å²) >= 11 is 0. The standard InChI is InChI=1S/C9H11N3/c1-7-3-4-9(10)12-8(7)5-6-11-2/h3-6H,2H2,1H3,(H2,10,12)/b6-5-. The van der Waals surface area contributed by atoms with Crippen LogP contribution >= 0.6 is 0 Å². The van der Waals surface area contributed by atoms with E-state index in [1.54, 1.807) is 18.3 Å². The Hall–Kier alpha value is -1.64. The Morgan fingerprint density at radius 2 is 2.33 bits per heavy atom. The molecule has 3 nitrogen and oxygen atoms in total. The maximum atomic E-state index is 5.51. The molecule has 0 saturated carbocycles. The number of aryl methyl sites for hydroxylation is 1. The van der Waals surface area contributed by atoms with Crippen molar-refractivity contribution in [2.75, 3.05) is 5.73 Å². The van der Waals surface area contributed by atoms with Gasteiger partial charge in [-0.2, -0.15) is 0 Å². The molecule has 3 heteroatoms. The molecule has 0 aliphatic rings. The lowest BCUT2D eigenvalue weighted by Gasteiger charge is -1.99. The van der Waals surface area contributed by atoms with Crippen molar-refractivity contribution in [3.63, 3.8) is 0 Å². The van der Waals surface area contributed by atoms with Crippen LogP contribution < -0.4 is 5.73 Å². The van der Waals surface area contributed by atoms with Gasteiger partial charge in [0.25, 0.3) is 0 Å². The zero-order chi connectivity index (χ0) is 8.97. The van der Waals surface area contributed by atoms with Crippen LogP contribution in [0.2, 0.25) is 0 Å². The third-order valence-electron chi connectivity index (χ3n) is 1.50. The van der Waals surface area contributed by atoms with Crippen molar-refractivity contribution in [1.29, 1.82) is 0 Å². The number of hydrogen-bond donors (Lipinski definition) is 1. The molecule has 0 bridgehead atoms. The molecule has 0 unspecified atom stereocenters. The fraction of sp³-hybridized carbons (Fsp3) is 0.111. The number of aliphatic imine (C=N–C) groups is 1. The number of pyridine rings is 1. The summed E-state index contributed by atoms with van der Waals surface area (Å²) in [6.07, 6.45) is 3.37. The van der Waals surface area contributed by atoms with Gasteiger partial charge < -0.3 is 5.73 Å². The highest BCUT2D eigenvalue weighted by molar-refractivity contribution is 5.52. The Balaban J connectivity index is 3.04. The van der Waals surface area contributed by atoms with E-state index in [9.17, 15) is 0 Å². The molecule has 1 heterocycles. The van der Waals surface area contributed by atoms with Crippen LogP contribution in [-0.4, -0.2) is 11.7 Å². The van der Waals surface area contributed by atoms with Gasteiger partial charge in [-0.05, 0) is 31.3 Å². The number of aromatic nitrogens is 1. The molecule has 2 N–H and O–H groups in total. The Labute approximate surface area is 71.7 Å². The fourth-order valence-electron chi connectivity index (χ4n) is 0.852. The van der Waals surface area contributed by atoms with Gasteiger partial charge in [0.05, 0.1) is 5.69 Å². The summed E-state index contributed by atoms with van der Waals surface area (Å²) in [5, 5.41) is 0. The van der Waals surface area contributed by atoms with Gasteiger partial charge in [-0.15, -0.1) is 0 Å². The molecular weight excluding hydrogens is 150 g/mol. The molecule has 1 aromatic heterocycles. The Morgan fingerprint density at radius 1 is 1.58 bits per heavy atom. The lowest BCUT2D eigenvalue weighted by molar-refractivity contribution is 1.24. The van der Waals surface area contributed by atoms with E-state index < -0.39 is 0 Å². The second-order valence-electron chi connectivity index (χ2n) is 2.44. The van der Waals surface area contributed by atoms with E-state index in [-0.39, 0.29) is 0 Å². The normalized spacial score (nSPS) is 10.4. The third-order valence-corrected chi connectivity index (χ3v) is 1.50. The van der Waals surface area contributed by atoms with Crippen molar-refractivity contribution in [2.24, 2.45) is 4.99 Å². The molecule has 0 aliphatic carbocycles. The van der Waals surface area contributed by atoms with Crippen molar-refractivity contribution in [3.8, 4) is 0 Å². The molecule has 0 aromatic carbocycles. The number of rotatable bonds is 2. The molecule has 0 aliphatic heterocycles. The summed E-state index contributed by atoms with van der Waals surface area (Å²) in [7, 11) is 0. The molecule has 0 spiro atoms. The minimum Gasteiger partial charge on any atom is -0.384 e. The van der Waals surface area contributed by atoms with Gasteiger partial charge in [0.2, 0.25) is 0 Å². The zero-order valence-electron chi connectivity index (χ0n) is 6.99. The van der Waals surface area contributed by atoms with Crippen molar-refractivity contribution in [1.82, 2.24) is 4.98 Å². The number of anilines is 1. The van der Waals surface area contributed by atoms with Crippen LogP contribution in [0, 0.1) is 6.92 Å². The van der Waals surface area contributed by atoms with Crippen LogP contribution in [0.1, 0.15) is 11.3 Å². The molecule has 0 radical (unpaired) electrons. The highest BCUT2D eigenvalue weighted by Crippen LogP contribution is 2.09. The largest absolute Gasteiger partial charge is 0.384 e. The lowest BCUT2D eigenvalue weighted by atomic mass is 10.2. The average molecular weight is 161 g/mol. The van der Waals surface area contributed by atoms with E-state index >= 15 is 0 Å². The van der Waals surface area contributed by atoms with E-state index in [1.165, 1.54) is 0 Å². The number of nitrogens with two attached hydrogens (primary N) is 1. The highest BCUT2D eigenvalue weighted by atomic mass is 14.8. The first-order chi connectivity index (χ1) is 5.74. The van der Waals surface area contributed by atoms with Gasteiger partial charge >= 0.3 is 0 Å². The quantitative estimate of drug-likeness (QED) is 0.670. The smallest absolute Gasteiger partial charge is 0.124 e. The minimum atomic E-state index is 0.518. The number of hydrogen-bond acceptors (Lipinski definition) is 3. The number of nitrogens with zero attached hydrogens (tertiary/aromatic N) is 2. The molecule has 0 fully saturated rings. The summed E-state index contributed by atoms with van der Waals surface area (Å²) in [6, 6.07) is 3.69. The highest BCUT2D eigenvalue weighted by Gasteiger charge is 1.94. The lowest BCUT2D eigenvalue weighted by Crippen LogP contribution is -1.93. The average Bonchev–Trinajstić information content (AvgIpc) is 2.07. The van der Waals surface area contributed by atoms with Crippen LogP contribution in [-0.2, 0) is 0 Å². The molecule has 1 aromatic rings. The van der Waals surface area contributed by atoms with Crippen LogP contribution in [0.15, 0.2) is 23.3 Å². The minimum absolute atomic E-state index is 0.518. The summed E-state index contributed by atoms with van der Waals surface area (Å²) < 4.78 is 0. The van der Waals surface area contributed by atoms with Gasteiger partial charge in [-0.1, -0.05) is 6.07 Å². The Bertz CT molecular complexity index is 316. The van der Waals surface area contributed by atoms with Crippen molar-refractivity contribution in [2.45, 2.75) is 6.92 Å².